The van der Waals surface area contributed by atoms with Crippen LogP contribution in [0.5, 0.6) is 0 Å². The van der Waals surface area contributed by atoms with Gasteiger partial charge >= 0.3 is 0 Å². The summed E-state index contributed by atoms with van der Waals surface area (Å²) in [5.41, 5.74) is 1.72. The third-order valence-electron chi connectivity index (χ3n) is 3.89. The number of aryl methyl sites for hydroxylation is 1. The smallest absolute Gasteiger partial charge is 0.274 e. The summed E-state index contributed by atoms with van der Waals surface area (Å²) < 4.78 is 1.66. The Balaban J connectivity index is 1.55. The highest BCUT2D eigenvalue weighted by molar-refractivity contribution is 6.30. The second kappa shape index (κ2) is 6.50. The third-order valence-corrected chi connectivity index (χ3v) is 4.12. The predicted octanol–water partition coefficient (Wildman–Crippen LogP) is 2.03. The van der Waals surface area contributed by atoms with Crippen molar-refractivity contribution in [1.82, 2.24) is 19.6 Å². The van der Waals surface area contributed by atoms with E-state index in [9.17, 15) is 4.79 Å². The molecule has 0 saturated carbocycles. The number of piperazine rings is 1. The van der Waals surface area contributed by atoms with Crippen molar-refractivity contribution in [2.45, 2.75) is 6.54 Å². The maximum atomic E-state index is 12.3. The molecule has 1 amide bonds. The summed E-state index contributed by atoms with van der Waals surface area (Å²) in [6.45, 7) is 4.06. The minimum absolute atomic E-state index is 0.0167. The molecule has 1 fully saturated rings. The number of hydrogen-bond donors (Lipinski definition) is 0. The highest BCUT2D eigenvalue weighted by atomic mass is 35.5. The number of benzene rings is 1. The highest BCUT2D eigenvalue weighted by Gasteiger charge is 2.23. The minimum Gasteiger partial charge on any atom is -0.335 e. The lowest BCUT2D eigenvalue weighted by molar-refractivity contribution is 0.0622. The van der Waals surface area contributed by atoms with Gasteiger partial charge in [0.2, 0.25) is 0 Å². The Morgan fingerprint density at radius 3 is 2.64 bits per heavy atom. The minimum atomic E-state index is 0.0167. The van der Waals surface area contributed by atoms with Crippen molar-refractivity contribution in [1.29, 1.82) is 0 Å². The SMILES string of the molecule is Cn1ccc(C(=O)N2CCN(Cc3cccc(Cl)c3)CC2)n1. The maximum absolute atomic E-state index is 12.3. The van der Waals surface area contributed by atoms with Crippen molar-refractivity contribution in [2.24, 2.45) is 7.05 Å². The first kappa shape index (κ1) is 15.1. The fourth-order valence-corrected chi connectivity index (χ4v) is 2.91. The number of aromatic nitrogens is 2. The normalized spacial score (nSPS) is 16.0. The van der Waals surface area contributed by atoms with Crippen LogP contribution in [0, 0.1) is 0 Å². The van der Waals surface area contributed by atoms with Crippen LogP contribution >= 0.6 is 11.6 Å². The molecule has 1 aromatic carbocycles. The molecular formula is C16H19ClN4O. The zero-order chi connectivity index (χ0) is 15.5. The van der Waals surface area contributed by atoms with Gasteiger partial charge in [-0.05, 0) is 23.8 Å². The molecule has 1 saturated heterocycles. The summed E-state index contributed by atoms with van der Waals surface area (Å²) in [4.78, 5) is 16.5. The monoisotopic (exact) mass is 318 g/mol. The molecule has 1 aliphatic heterocycles. The molecule has 0 N–H and O–H groups in total. The molecule has 6 heteroatoms. The topological polar surface area (TPSA) is 41.4 Å². The Bertz CT molecular complexity index is 662. The van der Waals surface area contributed by atoms with E-state index in [-0.39, 0.29) is 5.91 Å². The molecule has 22 heavy (non-hydrogen) atoms. The molecule has 0 aliphatic carbocycles. The van der Waals surface area contributed by atoms with Crippen molar-refractivity contribution in [3.05, 3.63) is 52.8 Å². The molecule has 0 radical (unpaired) electrons. The number of carbonyl (C=O) groups excluding carboxylic acids is 1. The number of hydrogen-bond acceptors (Lipinski definition) is 3. The van der Waals surface area contributed by atoms with Gasteiger partial charge in [-0.25, -0.2) is 0 Å². The van der Waals surface area contributed by atoms with Gasteiger partial charge in [-0.2, -0.15) is 5.10 Å². The van der Waals surface area contributed by atoms with Crippen LogP contribution in [0.2, 0.25) is 5.02 Å². The molecule has 116 valence electrons. The highest BCUT2D eigenvalue weighted by Crippen LogP contribution is 2.14. The van der Waals surface area contributed by atoms with Crippen LogP contribution in [-0.4, -0.2) is 51.7 Å². The van der Waals surface area contributed by atoms with Crippen molar-refractivity contribution in [3.63, 3.8) is 0 Å². The molecule has 3 rings (SSSR count). The Kier molecular flexibility index (Phi) is 4.45. The maximum Gasteiger partial charge on any atom is 0.274 e. The van der Waals surface area contributed by atoms with Crippen LogP contribution < -0.4 is 0 Å². The summed E-state index contributed by atoms with van der Waals surface area (Å²) in [7, 11) is 1.82. The molecule has 2 aromatic rings. The van der Waals surface area contributed by atoms with E-state index in [1.807, 2.05) is 30.1 Å². The predicted molar refractivity (Wildman–Crippen MR) is 85.8 cm³/mol. The van der Waals surface area contributed by atoms with Crippen LogP contribution in [-0.2, 0) is 13.6 Å². The first-order chi connectivity index (χ1) is 10.6. The van der Waals surface area contributed by atoms with Gasteiger partial charge in [0, 0.05) is 51.0 Å². The summed E-state index contributed by atoms with van der Waals surface area (Å²) in [6.07, 6.45) is 1.79. The van der Waals surface area contributed by atoms with Gasteiger partial charge in [0.15, 0.2) is 0 Å². The summed E-state index contributed by atoms with van der Waals surface area (Å²) >= 11 is 6.02. The van der Waals surface area contributed by atoms with Crippen LogP contribution in [0.25, 0.3) is 0 Å². The molecule has 1 aliphatic rings. The summed E-state index contributed by atoms with van der Waals surface area (Å²) in [6, 6.07) is 9.69. The molecule has 0 bridgehead atoms. The van der Waals surface area contributed by atoms with E-state index in [0.717, 1.165) is 37.7 Å². The molecule has 0 unspecified atom stereocenters. The van der Waals surface area contributed by atoms with Gasteiger partial charge in [0.25, 0.3) is 5.91 Å². The van der Waals surface area contributed by atoms with E-state index in [2.05, 4.69) is 16.1 Å². The van der Waals surface area contributed by atoms with Gasteiger partial charge < -0.3 is 4.90 Å². The van der Waals surface area contributed by atoms with Crippen LogP contribution in [0.3, 0.4) is 0 Å². The lowest BCUT2D eigenvalue weighted by atomic mass is 10.2. The van der Waals surface area contributed by atoms with Crippen molar-refractivity contribution in [2.75, 3.05) is 26.2 Å². The molecule has 1 aromatic heterocycles. The van der Waals surface area contributed by atoms with Crippen LogP contribution in [0.1, 0.15) is 16.1 Å². The standard InChI is InChI=1S/C16H19ClN4O/c1-19-6-5-15(18-19)16(22)21-9-7-20(8-10-21)12-13-3-2-4-14(17)11-13/h2-6,11H,7-10,12H2,1H3. The molecule has 5 nitrogen and oxygen atoms in total. The van der Waals surface area contributed by atoms with Crippen molar-refractivity contribution >= 4 is 17.5 Å². The summed E-state index contributed by atoms with van der Waals surface area (Å²) in [5.74, 6) is 0.0167. The van der Waals surface area contributed by atoms with E-state index in [0.29, 0.717) is 5.69 Å². The quantitative estimate of drug-likeness (QED) is 0.869. The average molecular weight is 319 g/mol. The molecule has 0 spiro atoms. The number of carbonyl (C=O) groups is 1. The second-order valence-electron chi connectivity index (χ2n) is 5.57. The van der Waals surface area contributed by atoms with E-state index in [1.165, 1.54) is 5.56 Å². The first-order valence-corrected chi connectivity index (χ1v) is 7.75. The average Bonchev–Trinajstić information content (AvgIpc) is 2.94. The lowest BCUT2D eigenvalue weighted by Gasteiger charge is -2.34. The largest absolute Gasteiger partial charge is 0.335 e. The van der Waals surface area contributed by atoms with E-state index in [4.69, 9.17) is 11.6 Å². The van der Waals surface area contributed by atoms with Gasteiger partial charge in [0.1, 0.15) is 5.69 Å². The Labute approximate surface area is 135 Å². The van der Waals surface area contributed by atoms with Gasteiger partial charge in [-0.3, -0.25) is 14.4 Å². The lowest BCUT2D eigenvalue weighted by Crippen LogP contribution is -2.48. The van der Waals surface area contributed by atoms with Crippen LogP contribution in [0.15, 0.2) is 36.5 Å². The fraction of sp³-hybridized carbons (Fsp3) is 0.375. The zero-order valence-electron chi connectivity index (χ0n) is 12.6. The molecular weight excluding hydrogens is 300 g/mol. The summed E-state index contributed by atoms with van der Waals surface area (Å²) in [5, 5.41) is 4.94. The number of rotatable bonds is 3. The van der Waals surface area contributed by atoms with Gasteiger partial charge in [-0.15, -0.1) is 0 Å². The van der Waals surface area contributed by atoms with Crippen molar-refractivity contribution in [3.8, 4) is 0 Å². The Morgan fingerprint density at radius 2 is 2.00 bits per heavy atom. The molecule has 0 atom stereocenters. The van der Waals surface area contributed by atoms with E-state index in [1.54, 1.807) is 16.9 Å². The van der Waals surface area contributed by atoms with Crippen molar-refractivity contribution < 1.29 is 4.79 Å². The van der Waals surface area contributed by atoms with Gasteiger partial charge in [-0.1, -0.05) is 23.7 Å². The Hall–Kier alpha value is -1.85. The third kappa shape index (κ3) is 3.48. The first-order valence-electron chi connectivity index (χ1n) is 7.37. The number of amides is 1. The number of nitrogens with zero attached hydrogens (tertiary/aromatic N) is 4. The fourth-order valence-electron chi connectivity index (χ4n) is 2.69. The second-order valence-corrected chi connectivity index (χ2v) is 6.01. The zero-order valence-corrected chi connectivity index (χ0v) is 13.3. The van der Waals surface area contributed by atoms with E-state index >= 15 is 0 Å². The van der Waals surface area contributed by atoms with Crippen LogP contribution in [0.4, 0.5) is 0 Å². The van der Waals surface area contributed by atoms with Gasteiger partial charge in [0.05, 0.1) is 0 Å². The number of halogens is 1. The van der Waals surface area contributed by atoms with E-state index < -0.39 is 0 Å². The molecule has 2 heterocycles. The Morgan fingerprint density at radius 1 is 1.23 bits per heavy atom.